The van der Waals surface area contributed by atoms with Gasteiger partial charge in [0, 0.05) is 12.6 Å². The van der Waals surface area contributed by atoms with Gasteiger partial charge >= 0.3 is 0 Å². The van der Waals surface area contributed by atoms with E-state index in [-0.39, 0.29) is 0 Å². The van der Waals surface area contributed by atoms with Crippen LogP contribution in [0, 0.1) is 0 Å². The highest BCUT2D eigenvalue weighted by molar-refractivity contribution is 5.17. The zero-order valence-corrected chi connectivity index (χ0v) is 12.7. The van der Waals surface area contributed by atoms with Crippen LogP contribution in [0.4, 0.5) is 0 Å². The van der Waals surface area contributed by atoms with Crippen LogP contribution in [-0.2, 0) is 13.0 Å². The van der Waals surface area contributed by atoms with Gasteiger partial charge < -0.3 is 10.2 Å². The van der Waals surface area contributed by atoms with Crippen LogP contribution in [-0.4, -0.2) is 30.8 Å². The number of benzene rings is 1. The molecule has 118 valence electrons. The van der Waals surface area contributed by atoms with E-state index in [2.05, 4.69) is 10.3 Å². The van der Waals surface area contributed by atoms with Gasteiger partial charge in [-0.2, -0.15) is 0 Å². The standard InChI is InChI=1S/C17H23N3O2/c21-16(14-7-3-1-4-8-14)13-20-12-15(18-19-20)11-17(22)9-5-2-6-10-17/h1,3-4,7-8,12,16,21-22H,2,5-6,9-11,13H2. The molecule has 0 bridgehead atoms. The number of aromatic nitrogens is 3. The molecule has 1 atom stereocenters. The minimum atomic E-state index is -0.628. The molecule has 5 heteroatoms. The zero-order chi connectivity index (χ0) is 15.4. The maximum Gasteiger partial charge on any atom is 0.0986 e. The number of aliphatic hydroxyl groups excluding tert-OH is 1. The number of hydrogen-bond donors (Lipinski definition) is 2. The SMILES string of the molecule is OC(Cn1cc(CC2(O)CCCCC2)nn1)c1ccccc1. The average Bonchev–Trinajstić information content (AvgIpc) is 2.95. The first kappa shape index (κ1) is 15.2. The minimum absolute atomic E-state index is 0.370. The number of hydrogen-bond acceptors (Lipinski definition) is 4. The smallest absolute Gasteiger partial charge is 0.0986 e. The normalized spacial score (nSPS) is 19.0. The van der Waals surface area contributed by atoms with Crippen LogP contribution in [0.1, 0.15) is 49.5 Å². The molecule has 1 saturated carbocycles. The lowest BCUT2D eigenvalue weighted by Gasteiger charge is -2.31. The summed E-state index contributed by atoms with van der Waals surface area (Å²) < 4.78 is 1.65. The summed E-state index contributed by atoms with van der Waals surface area (Å²) >= 11 is 0. The third-order valence-electron chi connectivity index (χ3n) is 4.42. The fraction of sp³-hybridized carbons (Fsp3) is 0.529. The van der Waals surface area contributed by atoms with E-state index in [9.17, 15) is 10.2 Å². The van der Waals surface area contributed by atoms with Crippen LogP contribution in [0.3, 0.4) is 0 Å². The third kappa shape index (κ3) is 3.72. The van der Waals surface area contributed by atoms with Crippen molar-refractivity contribution in [1.82, 2.24) is 15.0 Å². The summed E-state index contributed by atoms with van der Waals surface area (Å²) in [5, 5.41) is 29.0. The molecule has 0 saturated heterocycles. The van der Waals surface area contributed by atoms with Crippen molar-refractivity contribution in [2.75, 3.05) is 0 Å². The molecule has 1 fully saturated rings. The maximum atomic E-state index is 10.6. The molecule has 2 N–H and O–H groups in total. The van der Waals surface area contributed by atoms with Crippen molar-refractivity contribution in [3.8, 4) is 0 Å². The van der Waals surface area contributed by atoms with Crippen LogP contribution in [0.15, 0.2) is 36.5 Å². The van der Waals surface area contributed by atoms with Crippen LogP contribution in [0.25, 0.3) is 0 Å². The van der Waals surface area contributed by atoms with Gasteiger partial charge in [0.2, 0.25) is 0 Å². The van der Waals surface area contributed by atoms with Gasteiger partial charge in [-0.05, 0) is 18.4 Å². The van der Waals surface area contributed by atoms with Crippen molar-refractivity contribution < 1.29 is 10.2 Å². The Morgan fingerprint density at radius 1 is 1.14 bits per heavy atom. The van der Waals surface area contributed by atoms with Crippen LogP contribution in [0.5, 0.6) is 0 Å². The van der Waals surface area contributed by atoms with Crippen molar-refractivity contribution in [2.24, 2.45) is 0 Å². The van der Waals surface area contributed by atoms with E-state index in [0.29, 0.717) is 13.0 Å². The summed E-state index contributed by atoms with van der Waals surface area (Å²) in [6.07, 6.45) is 6.83. The molecule has 1 aliphatic carbocycles. The topological polar surface area (TPSA) is 71.2 Å². The Balaban J connectivity index is 1.61. The van der Waals surface area contributed by atoms with Gasteiger partial charge in [0.1, 0.15) is 0 Å². The molecular formula is C17H23N3O2. The fourth-order valence-corrected chi connectivity index (χ4v) is 3.19. The quantitative estimate of drug-likeness (QED) is 0.888. The van der Waals surface area contributed by atoms with Crippen molar-refractivity contribution in [1.29, 1.82) is 0 Å². The molecule has 0 radical (unpaired) electrons. The molecule has 3 rings (SSSR count). The Morgan fingerprint density at radius 2 is 1.86 bits per heavy atom. The van der Waals surface area contributed by atoms with E-state index in [1.165, 1.54) is 6.42 Å². The van der Waals surface area contributed by atoms with E-state index in [4.69, 9.17) is 0 Å². The van der Waals surface area contributed by atoms with Crippen LogP contribution >= 0.6 is 0 Å². The summed E-state index contributed by atoms with van der Waals surface area (Å²) in [6, 6.07) is 9.53. The van der Waals surface area contributed by atoms with Gasteiger partial charge in [-0.1, -0.05) is 54.8 Å². The van der Waals surface area contributed by atoms with E-state index >= 15 is 0 Å². The molecule has 22 heavy (non-hydrogen) atoms. The second kappa shape index (κ2) is 6.58. The van der Waals surface area contributed by atoms with E-state index < -0.39 is 11.7 Å². The number of aliphatic hydroxyl groups is 2. The Morgan fingerprint density at radius 3 is 2.59 bits per heavy atom. The Labute approximate surface area is 130 Å². The number of nitrogens with zero attached hydrogens (tertiary/aromatic N) is 3. The van der Waals surface area contributed by atoms with Gasteiger partial charge in [-0.25, -0.2) is 4.68 Å². The van der Waals surface area contributed by atoms with E-state index in [1.807, 2.05) is 36.5 Å². The van der Waals surface area contributed by atoms with Gasteiger partial charge in [0.25, 0.3) is 0 Å². The molecule has 1 aromatic heterocycles. The van der Waals surface area contributed by atoms with Crippen LogP contribution in [0.2, 0.25) is 0 Å². The largest absolute Gasteiger partial charge is 0.389 e. The Hall–Kier alpha value is -1.72. The molecule has 1 aliphatic rings. The highest BCUT2D eigenvalue weighted by atomic mass is 16.3. The molecule has 2 aromatic rings. The van der Waals surface area contributed by atoms with E-state index in [0.717, 1.165) is 36.9 Å². The van der Waals surface area contributed by atoms with Gasteiger partial charge in [0.15, 0.2) is 0 Å². The summed E-state index contributed by atoms with van der Waals surface area (Å²) in [4.78, 5) is 0. The first-order chi connectivity index (χ1) is 10.6. The Kier molecular flexibility index (Phi) is 4.55. The molecule has 5 nitrogen and oxygen atoms in total. The van der Waals surface area contributed by atoms with Crippen molar-refractivity contribution in [3.63, 3.8) is 0 Å². The van der Waals surface area contributed by atoms with Gasteiger partial charge in [-0.15, -0.1) is 5.10 Å². The van der Waals surface area contributed by atoms with Gasteiger partial charge in [0.05, 0.1) is 23.9 Å². The third-order valence-corrected chi connectivity index (χ3v) is 4.42. The lowest BCUT2D eigenvalue weighted by atomic mass is 9.82. The minimum Gasteiger partial charge on any atom is -0.389 e. The highest BCUT2D eigenvalue weighted by Gasteiger charge is 2.30. The molecule has 0 amide bonds. The summed E-state index contributed by atoms with van der Waals surface area (Å²) in [7, 11) is 0. The first-order valence-electron chi connectivity index (χ1n) is 7.99. The highest BCUT2D eigenvalue weighted by Crippen LogP contribution is 2.30. The Bertz CT molecular complexity index is 591. The number of rotatable bonds is 5. The van der Waals surface area contributed by atoms with Crippen molar-refractivity contribution in [2.45, 2.75) is 56.8 Å². The average molecular weight is 301 g/mol. The van der Waals surface area contributed by atoms with Crippen molar-refractivity contribution in [3.05, 3.63) is 47.8 Å². The monoisotopic (exact) mass is 301 g/mol. The second-order valence-electron chi connectivity index (χ2n) is 6.32. The maximum absolute atomic E-state index is 10.6. The van der Waals surface area contributed by atoms with Crippen LogP contribution < -0.4 is 0 Å². The summed E-state index contributed by atoms with van der Waals surface area (Å²) in [6.45, 7) is 0.370. The molecule has 0 spiro atoms. The molecule has 0 aliphatic heterocycles. The first-order valence-corrected chi connectivity index (χ1v) is 7.99. The predicted molar refractivity (Wildman–Crippen MR) is 83.2 cm³/mol. The molecule has 1 heterocycles. The van der Waals surface area contributed by atoms with Crippen molar-refractivity contribution >= 4 is 0 Å². The fourth-order valence-electron chi connectivity index (χ4n) is 3.19. The molecule has 1 unspecified atom stereocenters. The van der Waals surface area contributed by atoms with E-state index in [1.54, 1.807) is 4.68 Å². The molecule has 1 aromatic carbocycles. The molecular weight excluding hydrogens is 278 g/mol. The zero-order valence-electron chi connectivity index (χ0n) is 12.7. The second-order valence-corrected chi connectivity index (χ2v) is 6.32. The lowest BCUT2D eigenvalue weighted by Crippen LogP contribution is -2.33. The van der Waals surface area contributed by atoms with Gasteiger partial charge in [-0.3, -0.25) is 0 Å². The lowest BCUT2D eigenvalue weighted by molar-refractivity contribution is 0.00364. The predicted octanol–water partition coefficient (Wildman–Crippen LogP) is 2.25. The summed E-state index contributed by atoms with van der Waals surface area (Å²) in [5.74, 6) is 0. The summed E-state index contributed by atoms with van der Waals surface area (Å²) in [5.41, 5.74) is 1.03.